The molecular formula is C20H32. The van der Waals surface area contributed by atoms with Crippen LogP contribution in [-0.4, -0.2) is 0 Å². The van der Waals surface area contributed by atoms with Crippen molar-refractivity contribution in [2.45, 2.75) is 72.6 Å². The van der Waals surface area contributed by atoms with Gasteiger partial charge in [-0.15, -0.1) is 0 Å². The number of fused-ring (bicyclic) bond motifs is 1. The molecule has 0 bridgehead atoms. The molecule has 2 aliphatic carbocycles. The average molecular weight is 272 g/mol. The Morgan fingerprint density at radius 3 is 2.85 bits per heavy atom. The third-order valence-electron chi connectivity index (χ3n) is 5.75. The van der Waals surface area contributed by atoms with Crippen LogP contribution >= 0.6 is 0 Å². The zero-order valence-corrected chi connectivity index (χ0v) is 14.0. The Kier molecular flexibility index (Phi) is 4.94. The Bertz CT molecular complexity index is 419. The van der Waals surface area contributed by atoms with Gasteiger partial charge in [-0.2, -0.15) is 0 Å². The van der Waals surface area contributed by atoms with E-state index in [1.807, 2.05) is 0 Å². The maximum Gasteiger partial charge on any atom is -0.0146 e. The lowest BCUT2D eigenvalue weighted by Gasteiger charge is -2.48. The Labute approximate surface area is 126 Å². The molecule has 0 nitrogen and oxygen atoms in total. The number of allylic oxidation sites excluding steroid dienone is 5. The van der Waals surface area contributed by atoms with Crippen molar-refractivity contribution in [1.29, 1.82) is 0 Å². The van der Waals surface area contributed by atoms with E-state index in [0.29, 0.717) is 5.41 Å². The molecule has 0 amide bonds. The minimum Gasteiger partial charge on any atom is -0.0996 e. The van der Waals surface area contributed by atoms with Gasteiger partial charge in [-0.05, 0) is 83.0 Å². The monoisotopic (exact) mass is 272 g/mol. The van der Waals surface area contributed by atoms with Crippen LogP contribution in [0, 0.1) is 17.3 Å². The van der Waals surface area contributed by atoms with E-state index in [1.54, 1.807) is 5.57 Å². The molecule has 2 aliphatic rings. The number of hydrogen-bond acceptors (Lipinski definition) is 0. The van der Waals surface area contributed by atoms with E-state index in [2.05, 4.69) is 46.4 Å². The van der Waals surface area contributed by atoms with Gasteiger partial charge in [0.2, 0.25) is 0 Å². The summed E-state index contributed by atoms with van der Waals surface area (Å²) in [7, 11) is 0. The average Bonchev–Trinajstić information content (AvgIpc) is 2.37. The highest BCUT2D eigenvalue weighted by Crippen LogP contribution is 2.53. The zero-order valence-electron chi connectivity index (χ0n) is 14.0. The molecule has 0 aromatic rings. The molecule has 0 unspecified atom stereocenters. The summed E-state index contributed by atoms with van der Waals surface area (Å²) in [6.07, 6.45) is 14.0. The number of rotatable bonds is 4. The highest BCUT2D eigenvalue weighted by atomic mass is 14.5. The zero-order chi connectivity index (χ0) is 14.8. The van der Waals surface area contributed by atoms with E-state index < -0.39 is 0 Å². The summed E-state index contributed by atoms with van der Waals surface area (Å²) in [5, 5.41) is 0. The minimum atomic E-state index is 0.579. The summed E-state index contributed by atoms with van der Waals surface area (Å²) in [6, 6.07) is 0. The normalized spacial score (nSPS) is 33.1. The molecule has 0 aromatic heterocycles. The second kappa shape index (κ2) is 6.33. The van der Waals surface area contributed by atoms with Gasteiger partial charge in [-0.25, -0.2) is 0 Å². The first-order chi connectivity index (χ1) is 9.42. The van der Waals surface area contributed by atoms with Crippen LogP contribution in [0.2, 0.25) is 0 Å². The molecule has 2 rings (SSSR count). The van der Waals surface area contributed by atoms with Crippen molar-refractivity contribution >= 4 is 0 Å². The van der Waals surface area contributed by atoms with E-state index in [0.717, 1.165) is 11.8 Å². The van der Waals surface area contributed by atoms with Crippen LogP contribution < -0.4 is 0 Å². The molecule has 0 aromatic carbocycles. The van der Waals surface area contributed by atoms with Crippen LogP contribution in [0.25, 0.3) is 0 Å². The third-order valence-corrected chi connectivity index (χ3v) is 5.75. The summed E-state index contributed by atoms with van der Waals surface area (Å²) >= 11 is 0. The molecule has 0 saturated heterocycles. The maximum absolute atomic E-state index is 4.41. The van der Waals surface area contributed by atoms with Crippen LogP contribution in [0.3, 0.4) is 0 Å². The molecule has 1 saturated carbocycles. The molecular weight excluding hydrogens is 240 g/mol. The molecule has 0 heterocycles. The van der Waals surface area contributed by atoms with Crippen molar-refractivity contribution in [2.24, 2.45) is 17.3 Å². The van der Waals surface area contributed by atoms with Gasteiger partial charge < -0.3 is 0 Å². The highest BCUT2D eigenvalue weighted by molar-refractivity contribution is 5.17. The molecule has 0 heteroatoms. The van der Waals surface area contributed by atoms with Crippen LogP contribution in [0.15, 0.2) is 35.5 Å². The van der Waals surface area contributed by atoms with Crippen molar-refractivity contribution < 1.29 is 0 Å². The standard InChI is InChI=1S/C20H32/c1-15(2)8-6-9-16(3)18-11-13-20(5)12-7-10-17(4)19(20)14-18/h8,10,18-19H,3,6-7,9,11-14H2,1-2,4-5H3/t18-,19-,20+/m0/s1. The van der Waals surface area contributed by atoms with Crippen molar-refractivity contribution in [1.82, 2.24) is 0 Å². The largest absolute Gasteiger partial charge is 0.0996 e. The first-order valence-corrected chi connectivity index (χ1v) is 8.40. The summed E-state index contributed by atoms with van der Waals surface area (Å²) in [4.78, 5) is 0. The van der Waals surface area contributed by atoms with Gasteiger partial charge in [0.15, 0.2) is 0 Å². The fraction of sp³-hybridized carbons (Fsp3) is 0.700. The predicted octanol–water partition coefficient (Wildman–Crippen LogP) is 6.45. The lowest BCUT2D eigenvalue weighted by atomic mass is 9.57. The summed E-state index contributed by atoms with van der Waals surface area (Å²) < 4.78 is 0. The quantitative estimate of drug-likeness (QED) is 0.516. The first kappa shape index (κ1) is 15.6. The van der Waals surface area contributed by atoms with Crippen molar-refractivity contribution in [3.8, 4) is 0 Å². The fourth-order valence-electron chi connectivity index (χ4n) is 4.29. The van der Waals surface area contributed by atoms with E-state index >= 15 is 0 Å². The topological polar surface area (TPSA) is 0 Å². The maximum atomic E-state index is 4.41. The van der Waals surface area contributed by atoms with Crippen LogP contribution in [0.5, 0.6) is 0 Å². The van der Waals surface area contributed by atoms with E-state index in [4.69, 9.17) is 0 Å². The Morgan fingerprint density at radius 1 is 1.40 bits per heavy atom. The van der Waals surface area contributed by atoms with E-state index in [-0.39, 0.29) is 0 Å². The van der Waals surface area contributed by atoms with Gasteiger partial charge in [-0.3, -0.25) is 0 Å². The third kappa shape index (κ3) is 3.45. The van der Waals surface area contributed by atoms with Gasteiger partial charge in [0.25, 0.3) is 0 Å². The molecule has 3 atom stereocenters. The number of hydrogen-bond donors (Lipinski definition) is 0. The van der Waals surface area contributed by atoms with E-state index in [1.165, 1.54) is 56.1 Å². The first-order valence-electron chi connectivity index (χ1n) is 8.40. The fourth-order valence-corrected chi connectivity index (χ4v) is 4.29. The highest BCUT2D eigenvalue weighted by Gasteiger charge is 2.41. The smallest absolute Gasteiger partial charge is 0.0146 e. The molecule has 0 radical (unpaired) electrons. The van der Waals surface area contributed by atoms with Gasteiger partial charge in [-0.1, -0.05) is 42.4 Å². The van der Waals surface area contributed by atoms with Gasteiger partial charge in [0.1, 0.15) is 0 Å². The van der Waals surface area contributed by atoms with E-state index in [9.17, 15) is 0 Å². The van der Waals surface area contributed by atoms with Gasteiger partial charge in [0, 0.05) is 0 Å². The van der Waals surface area contributed by atoms with Gasteiger partial charge in [0.05, 0.1) is 0 Å². The molecule has 0 N–H and O–H groups in total. The molecule has 1 fully saturated rings. The van der Waals surface area contributed by atoms with Crippen molar-refractivity contribution in [3.05, 3.63) is 35.5 Å². The lowest BCUT2D eigenvalue weighted by molar-refractivity contribution is 0.0972. The molecule has 0 spiro atoms. The SMILES string of the molecule is C=C(CCC=C(C)C)[C@H]1CC[C@@]2(C)CCC=C(C)[C@@H]2C1. The van der Waals surface area contributed by atoms with Crippen molar-refractivity contribution in [3.63, 3.8) is 0 Å². The second-order valence-electron chi connectivity index (χ2n) is 7.64. The lowest BCUT2D eigenvalue weighted by Crippen LogP contribution is -2.37. The Morgan fingerprint density at radius 2 is 2.15 bits per heavy atom. The summed E-state index contributed by atoms with van der Waals surface area (Å²) in [6.45, 7) is 13.7. The second-order valence-corrected chi connectivity index (χ2v) is 7.64. The van der Waals surface area contributed by atoms with Crippen LogP contribution in [-0.2, 0) is 0 Å². The van der Waals surface area contributed by atoms with Crippen molar-refractivity contribution in [2.75, 3.05) is 0 Å². The molecule has 20 heavy (non-hydrogen) atoms. The Hall–Kier alpha value is -0.780. The van der Waals surface area contributed by atoms with Gasteiger partial charge >= 0.3 is 0 Å². The summed E-state index contributed by atoms with van der Waals surface area (Å²) in [5.41, 5.74) is 5.17. The Balaban J connectivity index is 1.96. The minimum absolute atomic E-state index is 0.579. The van der Waals surface area contributed by atoms with Crippen LogP contribution in [0.1, 0.15) is 72.6 Å². The predicted molar refractivity (Wildman–Crippen MR) is 89.7 cm³/mol. The molecule has 0 aliphatic heterocycles. The van der Waals surface area contributed by atoms with Crippen LogP contribution in [0.4, 0.5) is 0 Å². The molecule has 112 valence electrons. The summed E-state index contributed by atoms with van der Waals surface area (Å²) in [5.74, 6) is 1.58.